The fraction of sp³-hybridized carbons (Fsp3) is 0. The van der Waals surface area contributed by atoms with Crippen LogP contribution in [0.15, 0.2) is 249 Å². The van der Waals surface area contributed by atoms with E-state index in [1.54, 1.807) is 0 Å². The number of hydrogen-bond donors (Lipinski definition) is 0. The first-order chi connectivity index (χ1) is 35.2. The van der Waals surface area contributed by atoms with Crippen molar-refractivity contribution in [1.29, 1.82) is 0 Å². The van der Waals surface area contributed by atoms with Gasteiger partial charge in [0.2, 0.25) is 0 Å². The van der Waals surface area contributed by atoms with E-state index >= 15 is 0 Å². The summed E-state index contributed by atoms with van der Waals surface area (Å²) in [5.41, 5.74) is 20.8. The van der Waals surface area contributed by atoms with Gasteiger partial charge in [0.1, 0.15) is 0 Å². The lowest BCUT2D eigenvalue weighted by atomic mass is 9.33. The molecule has 0 saturated heterocycles. The van der Waals surface area contributed by atoms with Gasteiger partial charge < -0.3 is 9.80 Å². The van der Waals surface area contributed by atoms with Crippen LogP contribution in [0.4, 0.5) is 34.1 Å². The van der Waals surface area contributed by atoms with Gasteiger partial charge in [-0.05, 0) is 122 Å². The van der Waals surface area contributed by atoms with Gasteiger partial charge in [-0.3, -0.25) is 0 Å². The first-order valence-electron chi connectivity index (χ1n) is 24.4. The van der Waals surface area contributed by atoms with Crippen molar-refractivity contribution in [2.24, 2.45) is 0 Å². The van der Waals surface area contributed by atoms with Crippen LogP contribution in [0, 0.1) is 0 Å². The predicted octanol–water partition coefficient (Wildman–Crippen LogP) is 17.2. The molecule has 0 saturated carbocycles. The number of anilines is 6. The van der Waals surface area contributed by atoms with Gasteiger partial charge in [0, 0.05) is 74.5 Å². The lowest BCUT2D eigenvalue weighted by Crippen LogP contribution is -2.61. The Labute approximate surface area is 420 Å². The van der Waals surface area contributed by atoms with Crippen molar-refractivity contribution in [3.63, 3.8) is 0 Å². The molecule has 5 heteroatoms. The molecule has 0 amide bonds. The highest BCUT2D eigenvalue weighted by Crippen LogP contribution is 2.47. The lowest BCUT2D eigenvalue weighted by Gasteiger charge is -2.44. The second kappa shape index (κ2) is 16.0. The fourth-order valence-electron chi connectivity index (χ4n) is 11.6. The third kappa shape index (κ3) is 6.33. The maximum Gasteiger partial charge on any atom is 0.252 e. The van der Waals surface area contributed by atoms with E-state index in [9.17, 15) is 0 Å². The molecule has 15 rings (SSSR count). The number of benzene rings is 11. The van der Waals surface area contributed by atoms with Gasteiger partial charge in [-0.15, -0.1) is 22.7 Å². The Bertz CT molecular complexity index is 3960. The molecular weight excluding hydrogens is 896 g/mol. The summed E-state index contributed by atoms with van der Waals surface area (Å²) in [6, 6.07) is 92.4. The van der Waals surface area contributed by atoms with E-state index in [0.29, 0.717) is 0 Å². The quantitative estimate of drug-likeness (QED) is 0.153. The molecule has 0 aliphatic carbocycles. The molecule has 0 bridgehead atoms. The zero-order valence-corrected chi connectivity index (χ0v) is 40.1. The number of hydrogen-bond acceptors (Lipinski definition) is 4. The van der Waals surface area contributed by atoms with Gasteiger partial charge >= 0.3 is 0 Å². The maximum atomic E-state index is 2.49. The standard InChI is InChI=1S/C66H41BN2S2/c1-3-14-48(15-4-1)68-58-24-13-25-59-64(58)67(56-38-36-46(40-60(56)68)42-28-32-44(33-29-42)50-20-11-22-54-52-18-7-9-26-62(52)70-65(50)54)57-39-37-47(41-61(57)69(59)49-16-5-2-6-17-49)43-30-34-45(35-31-43)51-21-12-23-55-53-19-8-10-27-63(53)71-66(51)55/h1-41H. The molecule has 71 heavy (non-hydrogen) atoms. The molecule has 2 aromatic heterocycles. The van der Waals surface area contributed by atoms with Gasteiger partial charge in [0.15, 0.2) is 0 Å². The summed E-state index contributed by atoms with van der Waals surface area (Å²) < 4.78 is 5.34. The molecule has 11 aromatic carbocycles. The van der Waals surface area contributed by atoms with Gasteiger partial charge in [0.25, 0.3) is 6.71 Å². The van der Waals surface area contributed by atoms with Gasteiger partial charge in [-0.25, -0.2) is 0 Å². The van der Waals surface area contributed by atoms with E-state index in [-0.39, 0.29) is 6.71 Å². The van der Waals surface area contributed by atoms with Crippen molar-refractivity contribution in [2.75, 3.05) is 9.80 Å². The average Bonchev–Trinajstić information content (AvgIpc) is 4.02. The van der Waals surface area contributed by atoms with Crippen molar-refractivity contribution in [1.82, 2.24) is 0 Å². The van der Waals surface area contributed by atoms with Crippen LogP contribution in [0.1, 0.15) is 0 Å². The van der Waals surface area contributed by atoms with E-state index in [1.165, 1.54) is 124 Å². The molecule has 13 aromatic rings. The van der Waals surface area contributed by atoms with Crippen LogP contribution in [0.2, 0.25) is 0 Å². The summed E-state index contributed by atoms with van der Waals surface area (Å²) in [7, 11) is 0. The highest BCUT2D eigenvalue weighted by molar-refractivity contribution is 7.26. The minimum Gasteiger partial charge on any atom is -0.311 e. The van der Waals surface area contributed by atoms with Crippen molar-refractivity contribution in [3.8, 4) is 44.5 Å². The second-order valence-electron chi connectivity index (χ2n) is 18.7. The molecule has 0 N–H and O–H groups in total. The van der Waals surface area contributed by atoms with Gasteiger partial charge in [0.05, 0.1) is 0 Å². The summed E-state index contributed by atoms with van der Waals surface area (Å²) in [6.45, 7) is 0.0163. The summed E-state index contributed by atoms with van der Waals surface area (Å²) >= 11 is 3.77. The van der Waals surface area contributed by atoms with E-state index in [2.05, 4.69) is 259 Å². The Hall–Kier alpha value is -8.48. The van der Waals surface area contributed by atoms with Crippen molar-refractivity contribution in [2.45, 2.75) is 0 Å². The van der Waals surface area contributed by atoms with E-state index in [4.69, 9.17) is 0 Å². The Morgan fingerprint density at radius 1 is 0.282 bits per heavy atom. The highest BCUT2D eigenvalue weighted by atomic mass is 32.1. The third-order valence-electron chi connectivity index (χ3n) is 14.9. The number of fused-ring (bicyclic) bond motifs is 10. The van der Waals surface area contributed by atoms with Crippen LogP contribution in [0.5, 0.6) is 0 Å². The SMILES string of the molecule is c1ccc(N2c3cc(-c4ccc(-c5cccc6c5sc5ccccc56)cc4)ccc3B3c4ccc(-c5ccc(-c6cccc7c6sc6ccccc67)cc5)cc4N(c4ccccc4)c4cccc2c43)cc1. The third-order valence-corrected chi connectivity index (χ3v) is 17.3. The Balaban J connectivity index is 0.858. The molecule has 0 unspecified atom stereocenters. The normalized spacial score (nSPS) is 12.7. The van der Waals surface area contributed by atoms with Crippen LogP contribution in [0.3, 0.4) is 0 Å². The number of nitrogens with zero attached hydrogens (tertiary/aromatic N) is 2. The molecular formula is C66H41BN2S2. The van der Waals surface area contributed by atoms with Crippen LogP contribution in [-0.4, -0.2) is 6.71 Å². The molecule has 2 aliphatic heterocycles. The second-order valence-corrected chi connectivity index (χ2v) is 20.9. The summed E-state index contributed by atoms with van der Waals surface area (Å²) in [5, 5.41) is 5.30. The summed E-state index contributed by atoms with van der Waals surface area (Å²) in [4.78, 5) is 4.99. The molecule has 0 spiro atoms. The van der Waals surface area contributed by atoms with Crippen LogP contribution in [-0.2, 0) is 0 Å². The Kier molecular flexibility index (Phi) is 9.13. The lowest BCUT2D eigenvalue weighted by molar-refractivity contribution is 1.25. The van der Waals surface area contributed by atoms with Crippen molar-refractivity contribution < 1.29 is 0 Å². The Morgan fingerprint density at radius 2 is 0.662 bits per heavy atom. The number of para-hydroxylation sites is 2. The highest BCUT2D eigenvalue weighted by Gasteiger charge is 2.43. The smallest absolute Gasteiger partial charge is 0.252 e. The summed E-state index contributed by atoms with van der Waals surface area (Å²) in [6.07, 6.45) is 0. The van der Waals surface area contributed by atoms with Gasteiger partial charge in [-0.2, -0.15) is 0 Å². The summed E-state index contributed by atoms with van der Waals surface area (Å²) in [5.74, 6) is 0. The van der Waals surface area contributed by atoms with Crippen LogP contribution < -0.4 is 26.2 Å². The average molecular weight is 937 g/mol. The van der Waals surface area contributed by atoms with Crippen LogP contribution in [0.25, 0.3) is 84.9 Å². The first kappa shape index (κ1) is 40.4. The van der Waals surface area contributed by atoms with Crippen molar-refractivity contribution >= 4 is 120 Å². The molecule has 0 fully saturated rings. The molecule has 2 nitrogen and oxygen atoms in total. The fourth-order valence-corrected chi connectivity index (χ4v) is 14.1. The minimum absolute atomic E-state index is 0.0163. The van der Waals surface area contributed by atoms with E-state index in [0.717, 1.165) is 11.4 Å². The number of thiophene rings is 2. The van der Waals surface area contributed by atoms with E-state index < -0.39 is 0 Å². The minimum atomic E-state index is 0.0163. The topological polar surface area (TPSA) is 6.48 Å². The monoisotopic (exact) mass is 936 g/mol. The van der Waals surface area contributed by atoms with Crippen molar-refractivity contribution in [3.05, 3.63) is 249 Å². The molecule has 0 atom stereocenters. The van der Waals surface area contributed by atoms with Crippen LogP contribution >= 0.6 is 22.7 Å². The number of rotatable bonds is 6. The zero-order valence-electron chi connectivity index (χ0n) is 38.5. The maximum absolute atomic E-state index is 2.49. The molecule has 4 heterocycles. The van der Waals surface area contributed by atoms with Gasteiger partial charge in [-0.1, -0.05) is 188 Å². The van der Waals surface area contributed by atoms with E-state index in [1.807, 2.05) is 22.7 Å². The molecule has 330 valence electrons. The molecule has 0 radical (unpaired) electrons. The largest absolute Gasteiger partial charge is 0.311 e. The first-order valence-corrected chi connectivity index (χ1v) is 26.0. The zero-order chi connectivity index (χ0) is 46.6. The predicted molar refractivity (Wildman–Crippen MR) is 308 cm³/mol. The molecule has 2 aliphatic rings. The Morgan fingerprint density at radius 3 is 1.13 bits per heavy atom.